The van der Waals surface area contributed by atoms with Gasteiger partial charge in [0.1, 0.15) is 5.25 Å². The number of carbonyl (C=O) groups is 1. The number of carbonyl (C=O) groups excluding carboxylic acids is 1. The average Bonchev–Trinajstić information content (AvgIpc) is 2.31. The molecule has 0 aliphatic carbocycles. The van der Waals surface area contributed by atoms with Crippen LogP contribution in [0.4, 0.5) is 11.4 Å². The molecule has 1 aromatic carbocycles. The second kappa shape index (κ2) is 6.26. The molecular formula is C14H22N2O3S. The number of benzene rings is 1. The molecule has 0 aliphatic heterocycles. The zero-order valence-corrected chi connectivity index (χ0v) is 13.1. The molecule has 3 N–H and O–H groups in total. The summed E-state index contributed by atoms with van der Waals surface area (Å²) in [4.78, 5) is 12.1. The molecule has 0 spiro atoms. The summed E-state index contributed by atoms with van der Waals surface area (Å²) in [7, 11) is -3.45. The molecular weight excluding hydrogens is 276 g/mol. The lowest BCUT2D eigenvalue weighted by atomic mass is 10.2. The molecule has 1 amide bonds. The standard InChI is InChI=1S/C14H22N2O3S/c1-9(2)8-20(18,19)11(4)14(17)16-13-7-12(15)6-5-10(13)3/h5-7,9,11H,8,15H2,1-4H3,(H,16,17). The third kappa shape index (κ3) is 4.23. The minimum atomic E-state index is -3.45. The Morgan fingerprint density at radius 1 is 1.30 bits per heavy atom. The number of hydrogen-bond donors (Lipinski definition) is 2. The Bertz CT molecular complexity index is 594. The normalized spacial score (nSPS) is 13.2. The van der Waals surface area contributed by atoms with Crippen LogP contribution in [0.2, 0.25) is 0 Å². The lowest BCUT2D eigenvalue weighted by molar-refractivity contribution is -0.115. The lowest BCUT2D eigenvalue weighted by Crippen LogP contribution is -2.35. The third-order valence-corrected chi connectivity index (χ3v) is 5.42. The van der Waals surface area contributed by atoms with Gasteiger partial charge >= 0.3 is 0 Å². The molecule has 1 atom stereocenters. The monoisotopic (exact) mass is 298 g/mol. The largest absolute Gasteiger partial charge is 0.399 e. The van der Waals surface area contributed by atoms with Crippen molar-refractivity contribution in [1.29, 1.82) is 0 Å². The van der Waals surface area contributed by atoms with E-state index in [2.05, 4.69) is 5.32 Å². The van der Waals surface area contributed by atoms with E-state index in [9.17, 15) is 13.2 Å². The Hall–Kier alpha value is -1.56. The van der Waals surface area contributed by atoms with E-state index in [1.165, 1.54) is 6.92 Å². The Kier molecular flexibility index (Phi) is 5.16. The number of rotatable bonds is 5. The average molecular weight is 298 g/mol. The first kappa shape index (κ1) is 16.5. The molecule has 0 bridgehead atoms. The van der Waals surface area contributed by atoms with Crippen LogP contribution in [0.1, 0.15) is 26.3 Å². The number of nitrogen functional groups attached to an aromatic ring is 1. The number of nitrogens with two attached hydrogens (primary N) is 1. The summed E-state index contributed by atoms with van der Waals surface area (Å²) in [6.07, 6.45) is 0. The van der Waals surface area contributed by atoms with Crippen LogP contribution in [-0.4, -0.2) is 25.3 Å². The van der Waals surface area contributed by atoms with E-state index in [1.807, 2.05) is 20.8 Å². The Balaban J connectivity index is 2.88. The highest BCUT2D eigenvalue weighted by Gasteiger charge is 2.28. The topological polar surface area (TPSA) is 89.3 Å². The quantitative estimate of drug-likeness (QED) is 0.813. The Morgan fingerprint density at radius 2 is 1.90 bits per heavy atom. The van der Waals surface area contributed by atoms with E-state index in [0.29, 0.717) is 11.4 Å². The summed E-state index contributed by atoms with van der Waals surface area (Å²) in [5.41, 5.74) is 7.56. The minimum absolute atomic E-state index is 0.00248. The van der Waals surface area contributed by atoms with Crippen molar-refractivity contribution < 1.29 is 13.2 Å². The SMILES string of the molecule is Cc1ccc(N)cc1NC(=O)C(C)S(=O)(=O)CC(C)C. The third-order valence-electron chi connectivity index (χ3n) is 2.99. The predicted octanol–water partition coefficient (Wildman–Crippen LogP) is 1.98. The second-order valence-corrected chi connectivity index (χ2v) is 7.80. The Morgan fingerprint density at radius 3 is 2.45 bits per heavy atom. The van der Waals surface area contributed by atoms with E-state index in [4.69, 9.17) is 5.73 Å². The first-order chi connectivity index (χ1) is 9.13. The van der Waals surface area contributed by atoms with Crippen LogP contribution in [0, 0.1) is 12.8 Å². The molecule has 1 rings (SSSR count). The summed E-state index contributed by atoms with van der Waals surface area (Å²) < 4.78 is 24.1. The maximum absolute atomic E-state index is 12.1. The van der Waals surface area contributed by atoms with Gasteiger partial charge in [0.2, 0.25) is 5.91 Å². The van der Waals surface area contributed by atoms with Gasteiger partial charge in [-0.15, -0.1) is 0 Å². The van der Waals surface area contributed by atoms with Gasteiger partial charge in [-0.3, -0.25) is 4.79 Å². The summed E-state index contributed by atoms with van der Waals surface area (Å²) in [5, 5.41) is 1.55. The van der Waals surface area contributed by atoms with Crippen LogP contribution in [-0.2, 0) is 14.6 Å². The molecule has 0 aromatic heterocycles. The van der Waals surface area contributed by atoms with Crippen molar-refractivity contribution in [2.45, 2.75) is 32.9 Å². The number of sulfone groups is 1. The fourth-order valence-corrected chi connectivity index (χ4v) is 3.38. The van der Waals surface area contributed by atoms with E-state index in [0.717, 1.165) is 5.56 Å². The molecule has 1 unspecified atom stereocenters. The highest BCUT2D eigenvalue weighted by molar-refractivity contribution is 7.92. The highest BCUT2D eigenvalue weighted by Crippen LogP contribution is 2.19. The summed E-state index contributed by atoms with van der Waals surface area (Å²) in [5.74, 6) is -0.541. The van der Waals surface area contributed by atoms with Gasteiger partial charge < -0.3 is 11.1 Å². The van der Waals surface area contributed by atoms with Crippen LogP contribution in [0.15, 0.2) is 18.2 Å². The van der Waals surface area contributed by atoms with Crippen molar-refractivity contribution in [2.75, 3.05) is 16.8 Å². The number of amides is 1. The van der Waals surface area contributed by atoms with Crippen LogP contribution in [0.5, 0.6) is 0 Å². The molecule has 0 saturated carbocycles. The number of hydrogen-bond acceptors (Lipinski definition) is 4. The van der Waals surface area contributed by atoms with Crippen LogP contribution >= 0.6 is 0 Å². The van der Waals surface area contributed by atoms with Gasteiger partial charge in [-0.25, -0.2) is 8.42 Å². The molecule has 112 valence electrons. The molecule has 1 aromatic rings. The molecule has 6 heteroatoms. The van der Waals surface area contributed by atoms with Crippen molar-refractivity contribution in [1.82, 2.24) is 0 Å². The summed E-state index contributed by atoms with van der Waals surface area (Å²) in [6, 6.07) is 5.12. The Labute approximate surface area is 120 Å². The molecule has 0 fully saturated rings. The number of nitrogens with one attached hydrogen (secondary N) is 1. The molecule has 0 aliphatic rings. The van der Waals surface area contributed by atoms with Gasteiger partial charge in [0.05, 0.1) is 5.75 Å². The van der Waals surface area contributed by atoms with Crippen molar-refractivity contribution in [2.24, 2.45) is 5.92 Å². The van der Waals surface area contributed by atoms with Crippen LogP contribution in [0.25, 0.3) is 0 Å². The maximum atomic E-state index is 12.1. The lowest BCUT2D eigenvalue weighted by Gasteiger charge is -2.16. The molecule has 0 radical (unpaired) electrons. The first-order valence-corrected chi connectivity index (χ1v) is 8.23. The fourth-order valence-electron chi connectivity index (χ4n) is 1.78. The zero-order chi connectivity index (χ0) is 15.5. The van der Waals surface area contributed by atoms with Crippen molar-refractivity contribution in [3.63, 3.8) is 0 Å². The van der Waals surface area contributed by atoms with Crippen LogP contribution in [0.3, 0.4) is 0 Å². The van der Waals surface area contributed by atoms with Gasteiger partial charge in [0.25, 0.3) is 0 Å². The van der Waals surface area contributed by atoms with Gasteiger partial charge in [-0.05, 0) is 37.5 Å². The number of anilines is 2. The van der Waals surface area contributed by atoms with Crippen molar-refractivity contribution in [3.05, 3.63) is 23.8 Å². The smallest absolute Gasteiger partial charge is 0.242 e. The predicted molar refractivity (Wildman–Crippen MR) is 82.3 cm³/mol. The molecule has 0 heterocycles. The first-order valence-electron chi connectivity index (χ1n) is 6.52. The summed E-state index contributed by atoms with van der Waals surface area (Å²) >= 11 is 0. The molecule has 0 saturated heterocycles. The summed E-state index contributed by atoms with van der Waals surface area (Å²) in [6.45, 7) is 6.85. The number of aryl methyl sites for hydroxylation is 1. The van der Waals surface area contributed by atoms with Crippen LogP contribution < -0.4 is 11.1 Å². The zero-order valence-electron chi connectivity index (χ0n) is 12.3. The molecule has 20 heavy (non-hydrogen) atoms. The maximum Gasteiger partial charge on any atom is 0.242 e. The van der Waals surface area contributed by atoms with E-state index < -0.39 is 21.0 Å². The second-order valence-electron chi connectivity index (χ2n) is 5.43. The molecule has 5 nitrogen and oxygen atoms in total. The van der Waals surface area contributed by atoms with Gasteiger partial charge in [-0.2, -0.15) is 0 Å². The van der Waals surface area contributed by atoms with Gasteiger partial charge in [-0.1, -0.05) is 19.9 Å². The van der Waals surface area contributed by atoms with Crippen molar-refractivity contribution >= 4 is 27.1 Å². The van der Waals surface area contributed by atoms with E-state index in [1.54, 1.807) is 18.2 Å². The minimum Gasteiger partial charge on any atom is -0.399 e. The van der Waals surface area contributed by atoms with Gasteiger partial charge in [0.15, 0.2) is 9.84 Å². The van der Waals surface area contributed by atoms with E-state index >= 15 is 0 Å². The van der Waals surface area contributed by atoms with E-state index in [-0.39, 0.29) is 11.7 Å². The van der Waals surface area contributed by atoms with Crippen molar-refractivity contribution in [3.8, 4) is 0 Å². The highest BCUT2D eigenvalue weighted by atomic mass is 32.2. The fraction of sp³-hybridized carbons (Fsp3) is 0.500. The van der Waals surface area contributed by atoms with Gasteiger partial charge in [0, 0.05) is 11.4 Å².